The lowest BCUT2D eigenvalue weighted by Crippen LogP contribution is -2.12. The van der Waals surface area contributed by atoms with Crippen LogP contribution in [0.15, 0.2) is 28.7 Å². The van der Waals surface area contributed by atoms with Crippen molar-refractivity contribution in [3.63, 3.8) is 0 Å². The SMILES string of the molecule is CNC(C)c1nnc(-c2ccc(C)cc2)o1. The van der Waals surface area contributed by atoms with Crippen molar-refractivity contribution < 1.29 is 4.42 Å². The largest absolute Gasteiger partial charge is 0.419 e. The van der Waals surface area contributed by atoms with Crippen LogP contribution in [0.5, 0.6) is 0 Å². The Hall–Kier alpha value is -1.68. The van der Waals surface area contributed by atoms with Crippen LogP contribution in [0.4, 0.5) is 0 Å². The van der Waals surface area contributed by atoms with Crippen molar-refractivity contribution in [2.75, 3.05) is 7.05 Å². The highest BCUT2D eigenvalue weighted by Crippen LogP contribution is 2.20. The first-order valence-corrected chi connectivity index (χ1v) is 5.28. The number of nitrogens with one attached hydrogen (secondary N) is 1. The van der Waals surface area contributed by atoms with Crippen molar-refractivity contribution in [3.05, 3.63) is 35.7 Å². The normalized spacial score (nSPS) is 12.7. The summed E-state index contributed by atoms with van der Waals surface area (Å²) in [5.74, 6) is 1.18. The number of hydrogen-bond donors (Lipinski definition) is 1. The predicted octanol–water partition coefficient (Wildman–Crippen LogP) is 2.33. The Morgan fingerprint density at radius 3 is 2.50 bits per heavy atom. The van der Waals surface area contributed by atoms with Crippen LogP contribution in [0.1, 0.15) is 24.4 Å². The molecule has 2 aromatic rings. The van der Waals surface area contributed by atoms with Gasteiger partial charge in [0, 0.05) is 5.56 Å². The van der Waals surface area contributed by atoms with Gasteiger partial charge in [0.15, 0.2) is 0 Å². The van der Waals surface area contributed by atoms with E-state index < -0.39 is 0 Å². The highest BCUT2D eigenvalue weighted by molar-refractivity contribution is 5.52. The molecular weight excluding hydrogens is 202 g/mol. The molecule has 0 bridgehead atoms. The lowest BCUT2D eigenvalue weighted by molar-refractivity contribution is 0.441. The Balaban J connectivity index is 2.28. The second-order valence-corrected chi connectivity index (χ2v) is 3.82. The Kier molecular flexibility index (Phi) is 3.01. The van der Waals surface area contributed by atoms with Crippen molar-refractivity contribution in [2.24, 2.45) is 0 Å². The minimum atomic E-state index is 0.0756. The van der Waals surface area contributed by atoms with Gasteiger partial charge < -0.3 is 9.73 Å². The van der Waals surface area contributed by atoms with Gasteiger partial charge in [-0.25, -0.2) is 0 Å². The van der Waals surface area contributed by atoms with Gasteiger partial charge in [-0.15, -0.1) is 10.2 Å². The Labute approximate surface area is 94.7 Å². The summed E-state index contributed by atoms with van der Waals surface area (Å²) in [5.41, 5.74) is 2.17. The van der Waals surface area contributed by atoms with Crippen LogP contribution in [0.2, 0.25) is 0 Å². The zero-order valence-electron chi connectivity index (χ0n) is 9.69. The number of aromatic nitrogens is 2. The highest BCUT2D eigenvalue weighted by atomic mass is 16.4. The molecule has 0 radical (unpaired) electrons. The molecular formula is C12H15N3O. The monoisotopic (exact) mass is 217 g/mol. The third-order valence-corrected chi connectivity index (χ3v) is 2.54. The molecule has 0 aliphatic heterocycles. The smallest absolute Gasteiger partial charge is 0.247 e. The molecule has 1 unspecified atom stereocenters. The molecule has 2 rings (SSSR count). The summed E-state index contributed by atoms with van der Waals surface area (Å²) in [4.78, 5) is 0. The van der Waals surface area contributed by atoms with Gasteiger partial charge in [-0.3, -0.25) is 0 Å². The number of aryl methyl sites for hydroxylation is 1. The maximum atomic E-state index is 5.58. The number of benzene rings is 1. The fraction of sp³-hybridized carbons (Fsp3) is 0.333. The molecule has 1 N–H and O–H groups in total. The van der Waals surface area contributed by atoms with Crippen LogP contribution >= 0.6 is 0 Å². The van der Waals surface area contributed by atoms with E-state index in [1.807, 2.05) is 45.2 Å². The molecule has 1 aromatic heterocycles. The molecule has 16 heavy (non-hydrogen) atoms. The molecule has 0 amide bonds. The topological polar surface area (TPSA) is 51.0 Å². The second-order valence-electron chi connectivity index (χ2n) is 3.82. The number of rotatable bonds is 3. The zero-order chi connectivity index (χ0) is 11.5. The van der Waals surface area contributed by atoms with Crippen molar-refractivity contribution >= 4 is 0 Å². The standard InChI is InChI=1S/C12H15N3O/c1-8-4-6-10(7-5-8)12-15-14-11(16-12)9(2)13-3/h4-7,9,13H,1-3H3. The van der Waals surface area contributed by atoms with Crippen LogP contribution in [0, 0.1) is 6.92 Å². The van der Waals surface area contributed by atoms with Gasteiger partial charge in [-0.05, 0) is 33.0 Å². The maximum absolute atomic E-state index is 5.58. The summed E-state index contributed by atoms with van der Waals surface area (Å²) in [6.07, 6.45) is 0. The van der Waals surface area contributed by atoms with Crippen LogP contribution in [-0.4, -0.2) is 17.2 Å². The van der Waals surface area contributed by atoms with E-state index in [2.05, 4.69) is 15.5 Å². The Morgan fingerprint density at radius 2 is 1.88 bits per heavy atom. The average Bonchev–Trinajstić information content (AvgIpc) is 2.78. The molecule has 0 aliphatic rings. The summed E-state index contributed by atoms with van der Waals surface area (Å²) in [5, 5.41) is 11.1. The van der Waals surface area contributed by atoms with Crippen LogP contribution in [0.25, 0.3) is 11.5 Å². The fourth-order valence-electron chi connectivity index (χ4n) is 1.35. The van der Waals surface area contributed by atoms with Crippen molar-refractivity contribution in [1.82, 2.24) is 15.5 Å². The van der Waals surface area contributed by atoms with Gasteiger partial charge in [-0.1, -0.05) is 17.7 Å². The first-order chi connectivity index (χ1) is 7.70. The van der Waals surface area contributed by atoms with Crippen LogP contribution in [-0.2, 0) is 0 Å². The molecule has 1 heterocycles. The van der Waals surface area contributed by atoms with Crippen LogP contribution in [0.3, 0.4) is 0 Å². The Bertz CT molecular complexity index is 461. The molecule has 4 nitrogen and oxygen atoms in total. The molecule has 4 heteroatoms. The van der Waals surface area contributed by atoms with Crippen molar-refractivity contribution in [1.29, 1.82) is 0 Å². The first-order valence-electron chi connectivity index (χ1n) is 5.28. The van der Waals surface area contributed by atoms with Crippen molar-refractivity contribution in [3.8, 4) is 11.5 Å². The average molecular weight is 217 g/mol. The molecule has 0 saturated heterocycles. The van der Waals surface area contributed by atoms with Gasteiger partial charge in [0.25, 0.3) is 0 Å². The fourth-order valence-corrected chi connectivity index (χ4v) is 1.35. The van der Waals surface area contributed by atoms with E-state index in [-0.39, 0.29) is 6.04 Å². The van der Waals surface area contributed by atoms with Gasteiger partial charge in [0.05, 0.1) is 6.04 Å². The van der Waals surface area contributed by atoms with E-state index in [1.54, 1.807) is 0 Å². The minimum Gasteiger partial charge on any atom is -0.419 e. The van der Waals surface area contributed by atoms with Gasteiger partial charge in [0.1, 0.15) is 0 Å². The molecule has 0 aliphatic carbocycles. The van der Waals surface area contributed by atoms with E-state index in [4.69, 9.17) is 4.42 Å². The number of nitrogens with zero attached hydrogens (tertiary/aromatic N) is 2. The quantitative estimate of drug-likeness (QED) is 0.857. The van der Waals surface area contributed by atoms with E-state index >= 15 is 0 Å². The predicted molar refractivity (Wildman–Crippen MR) is 61.9 cm³/mol. The van der Waals surface area contributed by atoms with E-state index in [9.17, 15) is 0 Å². The summed E-state index contributed by atoms with van der Waals surface area (Å²) < 4.78 is 5.58. The molecule has 0 spiro atoms. The molecule has 0 saturated carbocycles. The maximum Gasteiger partial charge on any atom is 0.247 e. The lowest BCUT2D eigenvalue weighted by atomic mass is 10.1. The zero-order valence-corrected chi connectivity index (χ0v) is 9.69. The Morgan fingerprint density at radius 1 is 1.19 bits per heavy atom. The van der Waals surface area contributed by atoms with Gasteiger partial charge in [0.2, 0.25) is 11.8 Å². The van der Waals surface area contributed by atoms with Gasteiger partial charge >= 0.3 is 0 Å². The van der Waals surface area contributed by atoms with E-state index in [0.29, 0.717) is 11.8 Å². The molecule has 1 atom stereocenters. The van der Waals surface area contributed by atoms with Crippen LogP contribution < -0.4 is 5.32 Å². The lowest BCUT2D eigenvalue weighted by Gasteiger charge is -2.02. The van der Waals surface area contributed by atoms with E-state index in [0.717, 1.165) is 5.56 Å². The van der Waals surface area contributed by atoms with Crippen molar-refractivity contribution in [2.45, 2.75) is 19.9 Å². The van der Waals surface area contributed by atoms with Gasteiger partial charge in [-0.2, -0.15) is 0 Å². The summed E-state index contributed by atoms with van der Waals surface area (Å²) in [7, 11) is 1.86. The third kappa shape index (κ3) is 2.12. The summed E-state index contributed by atoms with van der Waals surface area (Å²) >= 11 is 0. The molecule has 0 fully saturated rings. The summed E-state index contributed by atoms with van der Waals surface area (Å²) in [6, 6.07) is 8.10. The first kappa shape index (κ1) is 10.8. The summed E-state index contributed by atoms with van der Waals surface area (Å²) in [6.45, 7) is 4.03. The third-order valence-electron chi connectivity index (χ3n) is 2.54. The number of hydrogen-bond acceptors (Lipinski definition) is 4. The molecule has 84 valence electrons. The highest BCUT2D eigenvalue weighted by Gasteiger charge is 2.12. The second kappa shape index (κ2) is 4.45. The van der Waals surface area contributed by atoms with E-state index in [1.165, 1.54) is 5.56 Å². The molecule has 1 aromatic carbocycles. The minimum absolute atomic E-state index is 0.0756.